The van der Waals surface area contributed by atoms with E-state index in [-0.39, 0.29) is 91.4 Å². The number of carbonyl (C=O) groups is 2. The Balaban J connectivity index is -0.000000214. The van der Waals surface area contributed by atoms with Crippen molar-refractivity contribution in [3.63, 3.8) is 0 Å². The van der Waals surface area contributed by atoms with E-state index in [1.165, 1.54) is 13.2 Å². The molecule has 0 unspecified atom stereocenters. The van der Waals surface area contributed by atoms with E-state index in [9.17, 15) is 14.7 Å². The number of hydrogen-bond acceptors (Lipinski definition) is 4. The maximum atomic E-state index is 11.0. The van der Waals surface area contributed by atoms with E-state index in [0.717, 1.165) is 12.1 Å². The number of carboxylic acids is 1. The molecule has 0 fully saturated rings. The Morgan fingerprint density at radius 2 is 1.68 bits per heavy atom. The normalized spacial score (nSPS) is 7.32. The van der Waals surface area contributed by atoms with Crippen LogP contribution in [-0.4, -0.2) is 78.1 Å². The number of carbonyl (C=O) groups excluding carboxylic acids is 1. The fraction of sp³-hybridized carbons (Fsp3) is 0.250. The van der Waals surface area contributed by atoms with Crippen LogP contribution in [0.5, 0.6) is 5.75 Å². The molecule has 19 heavy (non-hydrogen) atoms. The van der Waals surface area contributed by atoms with Gasteiger partial charge in [0.1, 0.15) is 11.3 Å². The summed E-state index contributed by atoms with van der Waals surface area (Å²) in [5.74, 6) is -2.34. The molecule has 1 aromatic rings. The molecular weight excluding hydrogens is 488 g/mol. The third-order valence-corrected chi connectivity index (χ3v) is 1.65. The summed E-state index contributed by atoms with van der Waals surface area (Å²) >= 11 is 0. The molecule has 1 rings (SSSR count). The first-order valence-corrected chi connectivity index (χ1v) is 4.71. The first-order chi connectivity index (χ1) is 7.56. The molecule has 0 radical (unpaired) electrons. The van der Waals surface area contributed by atoms with Gasteiger partial charge in [-0.05, 0) is 18.2 Å². The van der Waals surface area contributed by atoms with Gasteiger partial charge < -0.3 is 46.4 Å². The van der Waals surface area contributed by atoms with Crippen molar-refractivity contribution in [1.82, 2.24) is 0 Å². The predicted octanol–water partition coefficient (Wildman–Crippen LogP) is -1.02. The fourth-order valence-corrected chi connectivity index (χ4v) is 0.957. The maximum Gasteiger partial charge on any atom is 2.00 e. The van der Waals surface area contributed by atoms with Gasteiger partial charge in [0.25, 0.3) is 0 Å². The standard InChI is InChI=1S/C9H8O5.C2H6.CH3.Ba.HI/c1-14-9(13)5-2-3-6(8(11)12)7(10)4-5;1-2;;;/h2-4,10H,1H3,(H,11,12);1-2H3;1H3;;1H/q;;-1;+2;/p-1. The molecule has 0 spiro atoms. The number of hydrogen-bond donors (Lipinski definition) is 2. The molecule has 2 N–H and O–H groups in total. The number of methoxy groups -OCH3 is 1. The molecule has 0 heterocycles. The van der Waals surface area contributed by atoms with Gasteiger partial charge in [0.05, 0.1) is 12.7 Å². The molecule has 0 bridgehead atoms. The molecule has 7 heteroatoms. The number of aromatic carboxylic acids is 1. The minimum absolute atomic E-state index is 0. The minimum Gasteiger partial charge on any atom is -1.00 e. The summed E-state index contributed by atoms with van der Waals surface area (Å²) < 4.78 is 4.39. The van der Waals surface area contributed by atoms with Crippen molar-refractivity contribution in [3.05, 3.63) is 36.8 Å². The summed E-state index contributed by atoms with van der Waals surface area (Å²) in [5, 5.41) is 17.8. The summed E-state index contributed by atoms with van der Waals surface area (Å²) in [6, 6.07) is 3.47. The van der Waals surface area contributed by atoms with Crippen LogP contribution in [0.3, 0.4) is 0 Å². The molecule has 0 amide bonds. The smallest absolute Gasteiger partial charge is 1.00 e. The molecule has 0 aliphatic rings. The van der Waals surface area contributed by atoms with Crippen LogP contribution in [0.4, 0.5) is 0 Å². The zero-order chi connectivity index (χ0) is 12.7. The van der Waals surface area contributed by atoms with Crippen LogP contribution in [0.1, 0.15) is 34.6 Å². The number of aromatic hydroxyl groups is 1. The van der Waals surface area contributed by atoms with E-state index < -0.39 is 17.7 Å². The van der Waals surface area contributed by atoms with Gasteiger partial charge >= 0.3 is 60.8 Å². The van der Waals surface area contributed by atoms with E-state index in [1.807, 2.05) is 13.8 Å². The van der Waals surface area contributed by atoms with E-state index in [0.29, 0.717) is 0 Å². The summed E-state index contributed by atoms with van der Waals surface area (Å²) in [5.41, 5.74) is -0.146. The molecule has 5 nitrogen and oxygen atoms in total. The van der Waals surface area contributed by atoms with Crippen LogP contribution < -0.4 is 24.0 Å². The Morgan fingerprint density at radius 3 is 2.00 bits per heavy atom. The fourth-order valence-electron chi connectivity index (χ4n) is 0.957. The number of benzene rings is 1. The monoisotopic (exact) mass is 506 g/mol. The molecular formula is C12H17BaIO5. The SMILES string of the molecule is CC.COC(=O)c1ccc(C(=O)O)c(O)c1.[Ba+2].[CH3-].[I-]. The average Bonchev–Trinajstić information content (AvgIpc) is 2.30. The van der Waals surface area contributed by atoms with Crippen molar-refractivity contribution in [2.24, 2.45) is 0 Å². The molecule has 0 saturated heterocycles. The Morgan fingerprint density at radius 1 is 1.21 bits per heavy atom. The average molecular weight is 505 g/mol. The summed E-state index contributed by atoms with van der Waals surface area (Å²) in [4.78, 5) is 21.5. The maximum absolute atomic E-state index is 11.0. The predicted molar refractivity (Wildman–Crippen MR) is 69.9 cm³/mol. The molecule has 0 aliphatic heterocycles. The van der Waals surface area contributed by atoms with Crippen LogP contribution in [0.2, 0.25) is 0 Å². The van der Waals surface area contributed by atoms with Crippen molar-refractivity contribution < 1.29 is 48.5 Å². The van der Waals surface area contributed by atoms with Crippen molar-refractivity contribution in [3.8, 4) is 5.75 Å². The van der Waals surface area contributed by atoms with Crippen molar-refractivity contribution >= 4 is 60.8 Å². The van der Waals surface area contributed by atoms with Gasteiger partial charge in [-0.3, -0.25) is 0 Å². The van der Waals surface area contributed by atoms with E-state index in [1.54, 1.807) is 0 Å². The first kappa shape index (κ1) is 27.6. The van der Waals surface area contributed by atoms with E-state index in [4.69, 9.17) is 5.11 Å². The Hall–Kier alpha value is 0.261. The van der Waals surface area contributed by atoms with Gasteiger partial charge in [-0.2, -0.15) is 0 Å². The molecule has 0 aromatic heterocycles. The Labute approximate surface area is 170 Å². The zero-order valence-corrected chi connectivity index (χ0v) is 18.0. The molecule has 0 aliphatic carbocycles. The van der Waals surface area contributed by atoms with Crippen LogP contribution in [0, 0.1) is 7.43 Å². The number of rotatable bonds is 2. The van der Waals surface area contributed by atoms with Gasteiger partial charge in [-0.15, -0.1) is 0 Å². The van der Waals surface area contributed by atoms with Gasteiger partial charge in [-0.1, -0.05) is 13.8 Å². The van der Waals surface area contributed by atoms with Gasteiger partial charge in [0, 0.05) is 0 Å². The van der Waals surface area contributed by atoms with Crippen LogP contribution in [-0.2, 0) is 4.74 Å². The number of halogens is 1. The third-order valence-electron chi connectivity index (χ3n) is 1.65. The summed E-state index contributed by atoms with van der Waals surface area (Å²) in [6.07, 6.45) is 0. The van der Waals surface area contributed by atoms with Gasteiger partial charge in [0.2, 0.25) is 0 Å². The number of ether oxygens (including phenoxy) is 1. The summed E-state index contributed by atoms with van der Waals surface area (Å²) in [6.45, 7) is 4.00. The van der Waals surface area contributed by atoms with Crippen molar-refractivity contribution in [2.45, 2.75) is 13.8 Å². The van der Waals surface area contributed by atoms with Crippen molar-refractivity contribution in [2.75, 3.05) is 7.11 Å². The molecule has 104 valence electrons. The van der Waals surface area contributed by atoms with Crippen molar-refractivity contribution in [1.29, 1.82) is 0 Å². The van der Waals surface area contributed by atoms with Crippen LogP contribution in [0.25, 0.3) is 0 Å². The number of esters is 1. The molecule has 0 saturated carbocycles. The van der Waals surface area contributed by atoms with Gasteiger partial charge in [0.15, 0.2) is 0 Å². The molecule has 0 atom stereocenters. The summed E-state index contributed by atoms with van der Waals surface area (Å²) in [7, 11) is 1.20. The second kappa shape index (κ2) is 14.7. The van der Waals surface area contributed by atoms with Gasteiger partial charge in [-0.25, -0.2) is 9.59 Å². The second-order valence-electron chi connectivity index (χ2n) is 2.53. The minimum atomic E-state index is -1.25. The largest absolute Gasteiger partial charge is 2.00 e. The number of carboxylic acid groups (broad SMARTS) is 1. The molecule has 1 aromatic carbocycles. The third kappa shape index (κ3) is 8.92. The number of phenols is 1. The Bertz CT molecular complexity index is 396. The van der Waals surface area contributed by atoms with E-state index >= 15 is 0 Å². The quantitative estimate of drug-likeness (QED) is 0.233. The Kier molecular flexibility index (Phi) is 21.3. The second-order valence-corrected chi connectivity index (χ2v) is 2.53. The van der Waals surface area contributed by atoms with Crippen LogP contribution in [0.15, 0.2) is 18.2 Å². The first-order valence-electron chi connectivity index (χ1n) is 4.71. The van der Waals surface area contributed by atoms with E-state index in [2.05, 4.69) is 4.74 Å². The van der Waals surface area contributed by atoms with Crippen LogP contribution >= 0.6 is 0 Å². The topological polar surface area (TPSA) is 83.8 Å². The zero-order valence-electron chi connectivity index (χ0n) is 11.4.